The number of likely N-dealkylation sites (tertiary alicyclic amines) is 1. The molecule has 1 N–H and O–H groups in total. The van der Waals surface area contributed by atoms with Gasteiger partial charge in [0.25, 0.3) is 0 Å². The molecule has 0 bridgehead atoms. The molecule has 1 aromatic carbocycles. The highest BCUT2D eigenvalue weighted by Crippen LogP contribution is 2.43. The fraction of sp³-hybridized carbons (Fsp3) is 0.391. The molecule has 1 saturated heterocycles. The van der Waals surface area contributed by atoms with E-state index >= 15 is 0 Å². The molecule has 2 amide bonds. The van der Waals surface area contributed by atoms with E-state index in [0.29, 0.717) is 13.1 Å². The number of pyridine rings is 1. The predicted octanol–water partition coefficient (Wildman–Crippen LogP) is 3.46. The number of hydrogen-bond donors (Lipinski definition) is 1. The summed E-state index contributed by atoms with van der Waals surface area (Å²) >= 11 is 0. The summed E-state index contributed by atoms with van der Waals surface area (Å²) in [6.07, 6.45) is 3.77. The topological polar surface area (TPSA) is 86.8 Å². The number of urea groups is 1. The number of aryl methyl sites for hydroxylation is 1. The van der Waals surface area contributed by atoms with Gasteiger partial charge in [-0.3, -0.25) is 9.67 Å². The van der Waals surface area contributed by atoms with Crippen molar-refractivity contribution in [1.29, 1.82) is 5.26 Å². The van der Waals surface area contributed by atoms with Gasteiger partial charge in [0.1, 0.15) is 5.54 Å². The van der Waals surface area contributed by atoms with Crippen molar-refractivity contribution in [1.82, 2.24) is 25.0 Å². The zero-order chi connectivity index (χ0) is 20.9. The van der Waals surface area contributed by atoms with Crippen LogP contribution in [0.1, 0.15) is 32.4 Å². The smallest absolute Gasteiger partial charge is 0.318 e. The van der Waals surface area contributed by atoms with Gasteiger partial charge in [-0.15, -0.1) is 0 Å². The van der Waals surface area contributed by atoms with Gasteiger partial charge in [0.05, 0.1) is 17.3 Å². The maximum absolute atomic E-state index is 12.7. The lowest BCUT2D eigenvalue weighted by Gasteiger charge is -2.26. The Labute approximate surface area is 175 Å². The normalized spacial score (nSPS) is 20.5. The number of nitrogens with zero attached hydrogens (tertiary/aromatic N) is 5. The number of benzene rings is 1. The Hall–Kier alpha value is -3.40. The van der Waals surface area contributed by atoms with E-state index < -0.39 is 5.54 Å². The summed E-state index contributed by atoms with van der Waals surface area (Å²) in [4.78, 5) is 19.1. The van der Waals surface area contributed by atoms with Crippen molar-refractivity contribution in [3.63, 3.8) is 0 Å². The Morgan fingerprint density at radius 2 is 2.03 bits per heavy atom. The van der Waals surface area contributed by atoms with Crippen molar-refractivity contribution in [3.05, 3.63) is 48.3 Å². The van der Waals surface area contributed by atoms with Crippen LogP contribution in [0.5, 0.6) is 0 Å². The first kappa shape index (κ1) is 18.6. The molecule has 2 aromatic heterocycles. The molecule has 0 radical (unpaired) electrons. The van der Waals surface area contributed by atoms with Crippen LogP contribution in [0.3, 0.4) is 0 Å². The molecule has 0 saturated carbocycles. The van der Waals surface area contributed by atoms with Crippen LogP contribution in [0.15, 0.2) is 42.6 Å². The minimum Gasteiger partial charge on any atom is -0.324 e. The summed E-state index contributed by atoms with van der Waals surface area (Å²) in [5, 5.41) is 18.0. The van der Waals surface area contributed by atoms with E-state index in [9.17, 15) is 10.1 Å². The Morgan fingerprint density at radius 3 is 2.87 bits per heavy atom. The molecule has 5 rings (SSSR count). The Morgan fingerprint density at radius 1 is 1.23 bits per heavy atom. The molecule has 0 aliphatic carbocycles. The van der Waals surface area contributed by atoms with E-state index in [0.717, 1.165) is 41.5 Å². The van der Waals surface area contributed by atoms with Gasteiger partial charge >= 0.3 is 6.03 Å². The fourth-order valence-corrected chi connectivity index (χ4v) is 4.65. The highest BCUT2D eigenvalue weighted by atomic mass is 16.2. The van der Waals surface area contributed by atoms with Gasteiger partial charge in [-0.05, 0) is 44.9 Å². The monoisotopic (exact) mass is 400 g/mol. The molecule has 2 aliphatic heterocycles. The third kappa shape index (κ3) is 3.00. The van der Waals surface area contributed by atoms with Gasteiger partial charge in [0.15, 0.2) is 0 Å². The molecule has 2 aliphatic rings. The molecule has 7 nitrogen and oxygen atoms in total. The van der Waals surface area contributed by atoms with Crippen LogP contribution in [0.2, 0.25) is 0 Å². The Bertz CT molecular complexity index is 1190. The maximum atomic E-state index is 12.7. The van der Waals surface area contributed by atoms with Crippen LogP contribution in [-0.2, 0) is 12.0 Å². The number of nitrogens with one attached hydrogen (secondary N) is 1. The summed E-state index contributed by atoms with van der Waals surface area (Å²) in [6.45, 7) is 5.62. The number of carbonyl (C=O) groups is 1. The summed E-state index contributed by atoms with van der Waals surface area (Å²) in [6, 6.07) is 14.3. The van der Waals surface area contributed by atoms with Gasteiger partial charge in [0.2, 0.25) is 0 Å². The first-order valence-electron chi connectivity index (χ1n) is 10.3. The quantitative estimate of drug-likeness (QED) is 0.714. The molecule has 152 valence electrons. The third-order valence-corrected chi connectivity index (χ3v) is 6.35. The number of aromatic nitrogens is 3. The lowest BCUT2D eigenvalue weighted by molar-refractivity contribution is 0.199. The van der Waals surface area contributed by atoms with Crippen LogP contribution in [0.4, 0.5) is 4.79 Å². The second-order valence-electron chi connectivity index (χ2n) is 8.92. The highest BCUT2D eigenvalue weighted by molar-refractivity contribution is 5.83. The molecule has 3 aromatic rings. The lowest BCUT2D eigenvalue weighted by atomic mass is 9.82. The minimum absolute atomic E-state index is 0.0658. The van der Waals surface area contributed by atoms with Gasteiger partial charge in [0, 0.05) is 47.9 Å². The minimum atomic E-state index is -0.874. The van der Waals surface area contributed by atoms with Gasteiger partial charge < -0.3 is 10.2 Å². The predicted molar refractivity (Wildman–Crippen MR) is 114 cm³/mol. The van der Waals surface area contributed by atoms with E-state index in [1.165, 1.54) is 5.69 Å². The third-order valence-electron chi connectivity index (χ3n) is 6.35. The largest absolute Gasteiger partial charge is 0.324 e. The van der Waals surface area contributed by atoms with Crippen molar-refractivity contribution in [2.75, 3.05) is 13.1 Å². The van der Waals surface area contributed by atoms with Crippen LogP contribution >= 0.6 is 0 Å². The van der Waals surface area contributed by atoms with Crippen LogP contribution in [0, 0.1) is 11.3 Å². The number of para-hydroxylation sites is 1. The molecular formula is C23H24N6O. The number of carbonyl (C=O) groups excluding carboxylic acids is 1. The average Bonchev–Trinajstić information content (AvgIpc) is 3.44. The highest BCUT2D eigenvalue weighted by Gasteiger charge is 2.47. The van der Waals surface area contributed by atoms with E-state index in [1.54, 1.807) is 13.8 Å². The Kier molecular flexibility index (Phi) is 4.07. The first-order valence-corrected chi connectivity index (χ1v) is 10.3. The van der Waals surface area contributed by atoms with Gasteiger partial charge in [-0.25, -0.2) is 4.79 Å². The number of rotatable bonds is 2. The summed E-state index contributed by atoms with van der Waals surface area (Å²) < 4.78 is 2.09. The van der Waals surface area contributed by atoms with Crippen LogP contribution in [0.25, 0.3) is 22.2 Å². The molecule has 1 atom stereocenters. The summed E-state index contributed by atoms with van der Waals surface area (Å²) in [5.41, 5.74) is 3.16. The van der Waals surface area contributed by atoms with Crippen LogP contribution in [-0.4, -0.2) is 44.3 Å². The Balaban J connectivity index is 1.41. The van der Waals surface area contributed by atoms with Crippen molar-refractivity contribution >= 4 is 16.9 Å². The van der Waals surface area contributed by atoms with E-state index in [1.807, 2.05) is 29.3 Å². The summed E-state index contributed by atoms with van der Waals surface area (Å²) in [7, 11) is 0. The zero-order valence-corrected chi connectivity index (χ0v) is 17.2. The second-order valence-corrected chi connectivity index (χ2v) is 8.92. The van der Waals surface area contributed by atoms with E-state index in [-0.39, 0.29) is 11.4 Å². The molecule has 7 heteroatoms. The van der Waals surface area contributed by atoms with Crippen LogP contribution < -0.4 is 5.32 Å². The fourth-order valence-electron chi connectivity index (χ4n) is 4.65. The molecule has 30 heavy (non-hydrogen) atoms. The maximum Gasteiger partial charge on any atom is 0.318 e. The SMILES string of the molecule is CC(C)(C#N)NC(=O)N1CCC2(CCn3nc(-c4cnc5ccccc5c4)cc32)C1. The number of amides is 2. The number of fused-ring (bicyclic) bond motifs is 3. The number of hydrogen-bond acceptors (Lipinski definition) is 4. The van der Waals surface area contributed by atoms with Gasteiger partial charge in [-0.1, -0.05) is 18.2 Å². The van der Waals surface area contributed by atoms with Crippen molar-refractivity contribution in [2.45, 2.75) is 44.2 Å². The molecule has 4 heterocycles. The van der Waals surface area contributed by atoms with Crippen molar-refractivity contribution < 1.29 is 4.79 Å². The summed E-state index contributed by atoms with van der Waals surface area (Å²) in [5.74, 6) is 0. The molecule has 1 spiro atoms. The van der Waals surface area contributed by atoms with Gasteiger partial charge in [-0.2, -0.15) is 10.4 Å². The average molecular weight is 400 g/mol. The standard InChI is InChI=1S/C23H24N6O/c1-22(2,14-24)26-21(30)28-9-7-23(15-28)8-10-29-20(23)12-19(27-29)17-11-16-5-3-4-6-18(16)25-13-17/h3-6,11-13H,7-10,15H2,1-2H3,(H,26,30). The molecule has 1 fully saturated rings. The number of nitriles is 1. The first-order chi connectivity index (χ1) is 14.4. The zero-order valence-electron chi connectivity index (χ0n) is 17.2. The molecular weight excluding hydrogens is 376 g/mol. The lowest BCUT2D eigenvalue weighted by Crippen LogP contribution is -2.49. The van der Waals surface area contributed by atoms with Crippen molar-refractivity contribution in [3.8, 4) is 17.3 Å². The molecule has 1 unspecified atom stereocenters. The second kappa shape index (κ2) is 6.56. The van der Waals surface area contributed by atoms with Crippen molar-refractivity contribution in [2.24, 2.45) is 0 Å². The van der Waals surface area contributed by atoms with E-state index in [2.05, 4.69) is 39.3 Å². The van der Waals surface area contributed by atoms with E-state index in [4.69, 9.17) is 5.10 Å².